The average molecular weight is 988 g/mol. The molecule has 0 bridgehead atoms. The molecular formula is C52H58FN9O10. The van der Waals surface area contributed by atoms with Crippen LogP contribution in [-0.2, 0) is 65.2 Å². The summed E-state index contributed by atoms with van der Waals surface area (Å²) in [7, 11) is 0. The van der Waals surface area contributed by atoms with Gasteiger partial charge in [-0.25, -0.2) is 19.0 Å². The van der Waals surface area contributed by atoms with Crippen LogP contribution in [0.5, 0.6) is 0 Å². The van der Waals surface area contributed by atoms with Crippen molar-refractivity contribution in [2.24, 2.45) is 0 Å². The number of carbonyl (C=O) groups excluding carboxylic acids is 6. The third-order valence-corrected chi connectivity index (χ3v) is 13.0. The normalized spacial score (nSPS) is 16.7. The fourth-order valence-electron chi connectivity index (χ4n) is 9.12. The predicted molar refractivity (Wildman–Crippen MR) is 264 cm³/mol. The maximum atomic E-state index is 15.1. The number of nitrogens with one attached hydrogen (secondary N) is 5. The fourth-order valence-corrected chi connectivity index (χ4v) is 9.12. The summed E-state index contributed by atoms with van der Waals surface area (Å²) in [5.74, 6) is -3.62. The lowest BCUT2D eigenvalue weighted by Crippen LogP contribution is -2.52. The van der Waals surface area contributed by atoms with Crippen molar-refractivity contribution in [2.45, 2.75) is 84.4 Å². The van der Waals surface area contributed by atoms with Crippen LogP contribution in [0.1, 0.15) is 67.5 Å². The summed E-state index contributed by atoms with van der Waals surface area (Å²) >= 11 is 0. The predicted octanol–water partition coefficient (Wildman–Crippen LogP) is 3.27. The maximum Gasteiger partial charge on any atom is 0.408 e. The minimum Gasteiger partial charge on any atom is -0.458 e. The van der Waals surface area contributed by atoms with Crippen molar-refractivity contribution in [3.63, 3.8) is 0 Å². The lowest BCUT2D eigenvalue weighted by Gasteiger charge is -2.36. The second-order valence-electron chi connectivity index (χ2n) is 19.2. The van der Waals surface area contributed by atoms with Gasteiger partial charge in [-0.1, -0.05) is 37.3 Å². The quantitative estimate of drug-likeness (QED) is 0.0811. The molecule has 0 aliphatic carbocycles. The number of ether oxygens (including phenoxy) is 2. The number of alkyl carbamates (subject to hydrolysis) is 1. The minimum atomic E-state index is -1.98. The van der Waals surface area contributed by atoms with Gasteiger partial charge in [0.25, 0.3) is 5.56 Å². The molecule has 0 saturated carbocycles. The van der Waals surface area contributed by atoms with E-state index in [-0.39, 0.29) is 49.2 Å². The molecule has 0 spiro atoms. The average Bonchev–Trinajstić information content (AvgIpc) is 3.72. The number of aromatic nitrogens is 2. The number of nitrogens with zero attached hydrogens (tertiary/aromatic N) is 4. The number of piperazine rings is 1. The first-order valence-corrected chi connectivity index (χ1v) is 23.8. The summed E-state index contributed by atoms with van der Waals surface area (Å²) in [5.41, 5.74) is 3.15. The highest BCUT2D eigenvalue weighted by Gasteiger charge is 2.45. The number of benzene rings is 3. The van der Waals surface area contributed by atoms with Gasteiger partial charge >= 0.3 is 12.1 Å². The highest BCUT2D eigenvalue weighted by atomic mass is 19.1. The molecule has 6 N–H and O–H groups in total. The summed E-state index contributed by atoms with van der Waals surface area (Å²) < 4.78 is 27.0. The molecule has 0 unspecified atom stereocenters. The molecule has 20 heteroatoms. The highest BCUT2D eigenvalue weighted by Crippen LogP contribution is 2.41. The Hall–Kier alpha value is -7.71. The van der Waals surface area contributed by atoms with Crippen LogP contribution in [0, 0.1) is 12.7 Å². The lowest BCUT2D eigenvalue weighted by atomic mass is 9.86. The van der Waals surface area contributed by atoms with Crippen LogP contribution >= 0.6 is 0 Å². The van der Waals surface area contributed by atoms with Gasteiger partial charge in [0.1, 0.15) is 30.6 Å². The molecule has 0 radical (unpaired) electrons. The van der Waals surface area contributed by atoms with Crippen molar-refractivity contribution in [1.82, 2.24) is 35.7 Å². The van der Waals surface area contributed by atoms with E-state index < -0.39 is 71.8 Å². The van der Waals surface area contributed by atoms with E-state index in [0.717, 1.165) is 27.8 Å². The van der Waals surface area contributed by atoms with E-state index in [9.17, 15) is 38.7 Å². The minimum absolute atomic E-state index is 0.0133. The van der Waals surface area contributed by atoms with E-state index in [1.54, 1.807) is 87.7 Å². The zero-order valence-corrected chi connectivity index (χ0v) is 40.8. The zero-order chi connectivity index (χ0) is 51.5. The second kappa shape index (κ2) is 20.9. The molecule has 5 heterocycles. The molecule has 72 heavy (non-hydrogen) atoms. The molecule has 3 aromatic carbocycles. The summed E-state index contributed by atoms with van der Waals surface area (Å²) in [5, 5.41) is 24.9. The summed E-state index contributed by atoms with van der Waals surface area (Å²) in [4.78, 5) is 99.5. The van der Waals surface area contributed by atoms with Gasteiger partial charge in [-0.2, -0.15) is 0 Å². The third kappa shape index (κ3) is 11.2. The lowest BCUT2D eigenvalue weighted by molar-refractivity contribution is -0.172. The Kier molecular flexibility index (Phi) is 14.7. The fraction of sp³-hybridized carbons (Fsp3) is 0.385. The molecule has 3 aliphatic rings. The number of hydrogen-bond acceptors (Lipinski definition) is 13. The second-order valence-corrected chi connectivity index (χ2v) is 19.2. The Morgan fingerprint density at radius 2 is 1.57 bits per heavy atom. The van der Waals surface area contributed by atoms with Gasteiger partial charge in [0, 0.05) is 73.1 Å². The number of cyclic esters (lactones) is 1. The van der Waals surface area contributed by atoms with Crippen LogP contribution in [0.3, 0.4) is 0 Å². The van der Waals surface area contributed by atoms with Crippen LogP contribution < -0.4 is 37.0 Å². The van der Waals surface area contributed by atoms with Crippen LogP contribution in [0.25, 0.3) is 22.3 Å². The molecule has 2 aromatic heterocycles. The van der Waals surface area contributed by atoms with Gasteiger partial charge < -0.3 is 50.6 Å². The largest absolute Gasteiger partial charge is 0.458 e. The van der Waals surface area contributed by atoms with Crippen molar-refractivity contribution in [1.29, 1.82) is 0 Å². The van der Waals surface area contributed by atoms with E-state index in [0.29, 0.717) is 60.9 Å². The van der Waals surface area contributed by atoms with E-state index in [1.165, 1.54) is 6.07 Å². The highest BCUT2D eigenvalue weighted by molar-refractivity contribution is 5.97. The topological polar surface area (TPSA) is 243 Å². The summed E-state index contributed by atoms with van der Waals surface area (Å²) in [6, 6.07) is 20.1. The molecule has 378 valence electrons. The number of pyridine rings is 2. The van der Waals surface area contributed by atoms with Gasteiger partial charge in [0.05, 0.1) is 42.1 Å². The number of aliphatic hydroxyl groups is 1. The summed E-state index contributed by atoms with van der Waals surface area (Å²) in [6.45, 7) is 10.3. The number of rotatable bonds is 15. The number of aryl methyl sites for hydroxylation is 1. The molecule has 5 aromatic rings. The standard InChI is InChI=1S/C52H58FN9O10/c1-6-52(70)38-22-42-46-36(28-62(42)48(67)37(38)29-71-49(52)68)35(34-20-30(2)39(53)23-40(34)59-46)27-60-16-18-61(19-17-60)33-14-12-32(13-15-33)57-44(64)26-55-47(66)41(21-31-10-8-7-9-11-31)58-45(65)25-54-43(63)24-56-50(69)72-51(3,4)5/h7-15,20,22-23,41,70H,6,16-19,21,24-29H2,1-5H3,(H,54,63)(H,55,66)(H,56,69)(H,57,64)(H,58,65)/t41-,52-/m0/s1. The van der Waals surface area contributed by atoms with Crippen LogP contribution in [0.2, 0.25) is 0 Å². The number of hydrogen-bond donors (Lipinski definition) is 6. The first kappa shape index (κ1) is 50.7. The van der Waals surface area contributed by atoms with Crippen molar-refractivity contribution in [3.8, 4) is 11.4 Å². The molecule has 5 amide bonds. The van der Waals surface area contributed by atoms with Gasteiger partial charge in [-0.3, -0.25) is 28.9 Å². The van der Waals surface area contributed by atoms with Gasteiger partial charge in [-0.05, 0) is 87.2 Å². The molecule has 1 saturated heterocycles. The Morgan fingerprint density at radius 1 is 0.875 bits per heavy atom. The first-order chi connectivity index (χ1) is 34.3. The Balaban J connectivity index is 0.862. The number of amides is 5. The maximum absolute atomic E-state index is 15.1. The van der Waals surface area contributed by atoms with E-state index in [2.05, 4.69) is 36.4 Å². The van der Waals surface area contributed by atoms with Crippen LogP contribution in [-0.4, -0.2) is 113 Å². The van der Waals surface area contributed by atoms with E-state index in [1.807, 2.05) is 18.2 Å². The molecular weight excluding hydrogens is 930 g/mol. The summed E-state index contributed by atoms with van der Waals surface area (Å²) in [6.07, 6.45) is -0.665. The van der Waals surface area contributed by atoms with E-state index >= 15 is 4.39 Å². The SMILES string of the molecule is CC[C@@]1(O)C(=O)OCc2c1cc1n(c2=O)Cc2c-1nc1cc(F)c(C)cc1c2CN1CCN(c2ccc(NC(=O)CNC(=O)[C@H](Cc3ccccc3)NC(=O)CNC(=O)CNC(=O)OC(C)(C)C)cc2)CC1. The number of fused-ring (bicyclic) bond motifs is 5. The molecule has 3 aliphatic heterocycles. The molecule has 19 nitrogen and oxygen atoms in total. The Labute approximate surface area is 414 Å². The third-order valence-electron chi connectivity index (χ3n) is 13.0. The van der Waals surface area contributed by atoms with Crippen molar-refractivity contribution in [2.75, 3.05) is 56.0 Å². The zero-order valence-electron chi connectivity index (χ0n) is 40.8. The van der Waals surface area contributed by atoms with Gasteiger partial charge in [0.2, 0.25) is 23.6 Å². The Morgan fingerprint density at radius 3 is 2.26 bits per heavy atom. The smallest absolute Gasteiger partial charge is 0.408 e. The van der Waals surface area contributed by atoms with Gasteiger partial charge in [-0.15, -0.1) is 0 Å². The molecule has 8 rings (SSSR count). The van der Waals surface area contributed by atoms with Crippen molar-refractivity contribution in [3.05, 3.63) is 122 Å². The van der Waals surface area contributed by atoms with Crippen LogP contribution in [0.15, 0.2) is 77.6 Å². The number of anilines is 2. The van der Waals surface area contributed by atoms with Crippen molar-refractivity contribution >= 4 is 58.0 Å². The first-order valence-electron chi connectivity index (χ1n) is 23.8. The number of carbonyl (C=O) groups is 6. The Bertz CT molecular complexity index is 3010. The van der Waals surface area contributed by atoms with Gasteiger partial charge in [0.15, 0.2) is 5.60 Å². The molecule has 2 atom stereocenters. The number of esters is 1. The molecule has 1 fully saturated rings. The number of halogens is 1. The monoisotopic (exact) mass is 987 g/mol. The van der Waals surface area contributed by atoms with E-state index in [4.69, 9.17) is 14.5 Å². The van der Waals surface area contributed by atoms with Crippen molar-refractivity contribution < 1.29 is 47.7 Å². The van der Waals surface area contributed by atoms with Crippen LogP contribution in [0.4, 0.5) is 20.6 Å².